The number of benzene rings is 1. The largest absolute Gasteiger partial charge is 0.487 e. The molecule has 0 bridgehead atoms. The average molecular weight is 232 g/mol. The van der Waals surface area contributed by atoms with E-state index in [9.17, 15) is 0 Å². The monoisotopic (exact) mass is 231 g/mol. The van der Waals surface area contributed by atoms with E-state index >= 15 is 0 Å². The van der Waals surface area contributed by atoms with Gasteiger partial charge < -0.3 is 10.1 Å². The van der Waals surface area contributed by atoms with Gasteiger partial charge in [0, 0.05) is 17.6 Å². The van der Waals surface area contributed by atoms with Crippen molar-refractivity contribution in [3.63, 3.8) is 0 Å². The van der Waals surface area contributed by atoms with Gasteiger partial charge in [-0.25, -0.2) is 0 Å². The molecular formula is C10H11Cl2NO. The molecule has 1 unspecified atom stereocenters. The molecule has 1 aromatic carbocycles. The second kappa shape index (κ2) is 4.39. The fourth-order valence-electron chi connectivity index (χ4n) is 1.48. The predicted molar refractivity (Wildman–Crippen MR) is 58.4 cm³/mol. The minimum absolute atomic E-state index is 0.214. The molecule has 1 atom stereocenters. The third kappa shape index (κ3) is 2.32. The van der Waals surface area contributed by atoms with Gasteiger partial charge in [0.05, 0.1) is 5.02 Å². The van der Waals surface area contributed by atoms with Gasteiger partial charge in [-0.15, -0.1) is 0 Å². The standard InChI is InChI=1S/C10H11Cl2NO/c11-7-1-2-9(12)10(5-7)14-8-3-4-13-6-8/h1-2,5,8,13H,3-4,6H2. The summed E-state index contributed by atoms with van der Waals surface area (Å²) in [6.07, 6.45) is 1.23. The van der Waals surface area contributed by atoms with E-state index in [0.717, 1.165) is 19.5 Å². The fourth-order valence-corrected chi connectivity index (χ4v) is 1.80. The van der Waals surface area contributed by atoms with Crippen LogP contribution in [0.25, 0.3) is 0 Å². The number of hydrogen-bond donors (Lipinski definition) is 1. The Balaban J connectivity index is 2.10. The normalized spacial score (nSPS) is 21.1. The van der Waals surface area contributed by atoms with Crippen molar-refractivity contribution in [1.29, 1.82) is 0 Å². The highest BCUT2D eigenvalue weighted by molar-refractivity contribution is 6.34. The molecule has 2 nitrogen and oxygen atoms in total. The van der Waals surface area contributed by atoms with Crippen molar-refractivity contribution in [3.05, 3.63) is 28.2 Å². The van der Waals surface area contributed by atoms with E-state index < -0.39 is 0 Å². The van der Waals surface area contributed by atoms with Crippen LogP contribution in [0.5, 0.6) is 5.75 Å². The smallest absolute Gasteiger partial charge is 0.139 e. The molecule has 1 saturated heterocycles. The van der Waals surface area contributed by atoms with Gasteiger partial charge in [0.2, 0.25) is 0 Å². The first kappa shape index (κ1) is 10.1. The van der Waals surface area contributed by atoms with Crippen LogP contribution in [0.1, 0.15) is 6.42 Å². The highest BCUT2D eigenvalue weighted by Gasteiger charge is 2.17. The molecule has 1 N–H and O–H groups in total. The quantitative estimate of drug-likeness (QED) is 0.846. The van der Waals surface area contributed by atoms with Gasteiger partial charge in [-0.3, -0.25) is 0 Å². The van der Waals surface area contributed by atoms with Gasteiger partial charge in [0.1, 0.15) is 11.9 Å². The topological polar surface area (TPSA) is 21.3 Å². The first-order chi connectivity index (χ1) is 6.75. The van der Waals surface area contributed by atoms with Crippen molar-refractivity contribution in [3.8, 4) is 5.75 Å². The zero-order chi connectivity index (χ0) is 9.97. The summed E-state index contributed by atoms with van der Waals surface area (Å²) in [5.41, 5.74) is 0. The van der Waals surface area contributed by atoms with E-state index in [-0.39, 0.29) is 6.10 Å². The minimum atomic E-state index is 0.214. The summed E-state index contributed by atoms with van der Waals surface area (Å²) in [5.74, 6) is 0.674. The lowest BCUT2D eigenvalue weighted by molar-refractivity contribution is 0.223. The van der Waals surface area contributed by atoms with E-state index in [1.807, 2.05) is 0 Å². The molecule has 0 aromatic heterocycles. The van der Waals surface area contributed by atoms with Gasteiger partial charge in [-0.2, -0.15) is 0 Å². The molecule has 14 heavy (non-hydrogen) atoms. The molecule has 0 spiro atoms. The van der Waals surface area contributed by atoms with Gasteiger partial charge in [0.25, 0.3) is 0 Å². The molecule has 76 valence electrons. The maximum Gasteiger partial charge on any atom is 0.139 e. The van der Waals surface area contributed by atoms with Gasteiger partial charge in [-0.05, 0) is 25.1 Å². The molecule has 2 rings (SSSR count). The Kier molecular flexibility index (Phi) is 3.16. The van der Waals surface area contributed by atoms with Crippen molar-refractivity contribution < 1.29 is 4.74 Å². The summed E-state index contributed by atoms with van der Waals surface area (Å²) in [6, 6.07) is 5.26. The Morgan fingerprint density at radius 1 is 1.36 bits per heavy atom. The predicted octanol–water partition coefficient (Wildman–Crippen LogP) is 2.73. The second-order valence-corrected chi connectivity index (χ2v) is 4.15. The maximum atomic E-state index is 5.97. The van der Waals surface area contributed by atoms with Crippen molar-refractivity contribution in [2.24, 2.45) is 0 Å². The van der Waals surface area contributed by atoms with Crippen LogP contribution in [-0.2, 0) is 0 Å². The van der Waals surface area contributed by atoms with Crippen molar-refractivity contribution in [1.82, 2.24) is 5.32 Å². The molecule has 0 aliphatic carbocycles. The van der Waals surface area contributed by atoms with E-state index in [4.69, 9.17) is 27.9 Å². The Morgan fingerprint density at radius 3 is 2.93 bits per heavy atom. The molecule has 1 aliphatic heterocycles. The summed E-state index contributed by atoms with van der Waals surface area (Å²) in [6.45, 7) is 1.88. The lowest BCUT2D eigenvalue weighted by Crippen LogP contribution is -2.19. The fraction of sp³-hybridized carbons (Fsp3) is 0.400. The first-order valence-corrected chi connectivity index (χ1v) is 5.34. The van der Waals surface area contributed by atoms with E-state index in [2.05, 4.69) is 5.32 Å². The van der Waals surface area contributed by atoms with E-state index in [1.54, 1.807) is 18.2 Å². The van der Waals surface area contributed by atoms with Gasteiger partial charge in [0.15, 0.2) is 0 Å². The Hall–Kier alpha value is -0.440. The number of halogens is 2. The third-order valence-electron chi connectivity index (χ3n) is 2.20. The SMILES string of the molecule is Clc1ccc(Cl)c(OC2CCNC2)c1. The van der Waals surface area contributed by atoms with Crippen molar-refractivity contribution in [2.75, 3.05) is 13.1 Å². The molecule has 0 saturated carbocycles. The number of rotatable bonds is 2. The zero-order valence-electron chi connectivity index (χ0n) is 7.59. The lowest BCUT2D eigenvalue weighted by Gasteiger charge is -2.13. The minimum Gasteiger partial charge on any atom is -0.487 e. The van der Waals surface area contributed by atoms with Crippen LogP contribution in [0.3, 0.4) is 0 Å². The molecule has 4 heteroatoms. The Labute approximate surface area is 93.2 Å². The highest BCUT2D eigenvalue weighted by atomic mass is 35.5. The lowest BCUT2D eigenvalue weighted by atomic mass is 10.3. The highest BCUT2D eigenvalue weighted by Crippen LogP contribution is 2.29. The van der Waals surface area contributed by atoms with Crippen LogP contribution >= 0.6 is 23.2 Å². The van der Waals surface area contributed by atoms with Gasteiger partial charge in [-0.1, -0.05) is 23.2 Å². The molecule has 0 radical (unpaired) electrons. The van der Waals surface area contributed by atoms with E-state index in [0.29, 0.717) is 15.8 Å². The Morgan fingerprint density at radius 2 is 2.21 bits per heavy atom. The second-order valence-electron chi connectivity index (χ2n) is 3.31. The van der Waals surface area contributed by atoms with Crippen LogP contribution in [0.15, 0.2) is 18.2 Å². The van der Waals surface area contributed by atoms with E-state index in [1.165, 1.54) is 0 Å². The van der Waals surface area contributed by atoms with Crippen molar-refractivity contribution in [2.45, 2.75) is 12.5 Å². The van der Waals surface area contributed by atoms with Crippen LogP contribution in [0.4, 0.5) is 0 Å². The summed E-state index contributed by atoms with van der Waals surface area (Å²) in [7, 11) is 0. The number of nitrogens with one attached hydrogen (secondary N) is 1. The molecule has 1 aliphatic rings. The zero-order valence-corrected chi connectivity index (χ0v) is 9.11. The molecule has 0 amide bonds. The van der Waals surface area contributed by atoms with Gasteiger partial charge >= 0.3 is 0 Å². The summed E-state index contributed by atoms with van der Waals surface area (Å²) < 4.78 is 5.71. The van der Waals surface area contributed by atoms with Crippen LogP contribution in [0, 0.1) is 0 Å². The maximum absolute atomic E-state index is 5.97. The number of ether oxygens (including phenoxy) is 1. The van der Waals surface area contributed by atoms with Crippen LogP contribution in [-0.4, -0.2) is 19.2 Å². The van der Waals surface area contributed by atoms with Crippen molar-refractivity contribution >= 4 is 23.2 Å². The Bertz CT molecular complexity index is 324. The first-order valence-electron chi connectivity index (χ1n) is 4.58. The number of hydrogen-bond acceptors (Lipinski definition) is 2. The molecule has 1 fully saturated rings. The van der Waals surface area contributed by atoms with Crippen LogP contribution in [0.2, 0.25) is 10.0 Å². The molecule has 1 aromatic rings. The average Bonchev–Trinajstić information content (AvgIpc) is 2.64. The van der Waals surface area contributed by atoms with Crippen LogP contribution < -0.4 is 10.1 Å². The molecular weight excluding hydrogens is 221 g/mol. The molecule has 1 heterocycles. The summed E-state index contributed by atoms with van der Waals surface area (Å²) in [4.78, 5) is 0. The summed E-state index contributed by atoms with van der Waals surface area (Å²) >= 11 is 11.8. The third-order valence-corrected chi connectivity index (χ3v) is 2.75. The summed E-state index contributed by atoms with van der Waals surface area (Å²) in [5, 5.41) is 4.49.